The van der Waals surface area contributed by atoms with Crippen LogP contribution in [0.15, 0.2) is 49.6 Å². The average Bonchev–Trinajstić information content (AvgIpc) is 2.99. The molecule has 120 valence electrons. The van der Waals surface area contributed by atoms with Gasteiger partial charge in [-0.25, -0.2) is 9.59 Å². The maximum Gasteiger partial charge on any atom is 0.338 e. The van der Waals surface area contributed by atoms with E-state index in [1.165, 1.54) is 18.2 Å². The van der Waals surface area contributed by atoms with E-state index in [1.807, 2.05) is 0 Å². The van der Waals surface area contributed by atoms with Crippen LogP contribution in [-0.2, 0) is 23.9 Å². The highest BCUT2D eigenvalue weighted by Crippen LogP contribution is 2.01. The van der Waals surface area contributed by atoms with E-state index in [0.717, 1.165) is 17.1 Å². The molecule has 0 aliphatic carbocycles. The molecule has 2 aliphatic rings. The lowest BCUT2D eigenvalue weighted by Crippen LogP contribution is -2.29. The quantitative estimate of drug-likeness (QED) is 0.352. The standard InChI is InChI=1S/C7H7NO2.C4H2O3.C3H7N.CH4/c1-2-5-8-6(9)3-4-7(8)10;5-3-1-2-4(6)7-3;1-2-3-4;/h2-4H,1,5H2;1-2H;2H,1,3-4H2;1H4. The van der Waals surface area contributed by atoms with Gasteiger partial charge in [-0.2, -0.15) is 0 Å². The van der Waals surface area contributed by atoms with Gasteiger partial charge >= 0.3 is 11.9 Å². The van der Waals surface area contributed by atoms with Crippen LogP contribution in [0.2, 0.25) is 0 Å². The zero-order valence-electron chi connectivity index (χ0n) is 11.4. The molecule has 2 amide bonds. The van der Waals surface area contributed by atoms with Crippen molar-refractivity contribution in [1.29, 1.82) is 0 Å². The molecule has 2 aliphatic heterocycles. The number of esters is 2. The van der Waals surface area contributed by atoms with Crippen molar-refractivity contribution >= 4 is 23.8 Å². The van der Waals surface area contributed by atoms with Crippen molar-refractivity contribution in [3.63, 3.8) is 0 Å². The fourth-order valence-electron chi connectivity index (χ4n) is 1.04. The Bertz CT molecular complexity index is 472. The third-order valence-electron chi connectivity index (χ3n) is 1.94. The minimum absolute atomic E-state index is 0. The van der Waals surface area contributed by atoms with Crippen LogP contribution in [-0.4, -0.2) is 41.7 Å². The Morgan fingerprint density at radius 2 is 1.36 bits per heavy atom. The van der Waals surface area contributed by atoms with Crippen molar-refractivity contribution in [2.45, 2.75) is 7.43 Å². The number of carbonyl (C=O) groups is 4. The van der Waals surface area contributed by atoms with E-state index in [4.69, 9.17) is 5.73 Å². The van der Waals surface area contributed by atoms with Gasteiger partial charge in [0.05, 0.1) is 0 Å². The number of carbonyl (C=O) groups excluding carboxylic acids is 4. The van der Waals surface area contributed by atoms with Gasteiger partial charge in [-0.15, -0.1) is 13.2 Å². The van der Waals surface area contributed by atoms with Crippen molar-refractivity contribution in [1.82, 2.24) is 4.90 Å². The molecule has 0 fully saturated rings. The molecule has 2 N–H and O–H groups in total. The largest absolute Gasteiger partial charge is 0.387 e. The summed E-state index contributed by atoms with van der Waals surface area (Å²) in [6.45, 7) is 7.65. The maximum absolute atomic E-state index is 10.7. The van der Waals surface area contributed by atoms with Gasteiger partial charge in [0.15, 0.2) is 0 Å². The molecule has 0 aromatic rings. The zero-order valence-corrected chi connectivity index (χ0v) is 11.4. The van der Waals surface area contributed by atoms with Crippen molar-refractivity contribution < 1.29 is 23.9 Å². The Morgan fingerprint density at radius 3 is 1.59 bits per heavy atom. The van der Waals surface area contributed by atoms with E-state index in [1.54, 1.807) is 6.08 Å². The van der Waals surface area contributed by atoms with Crippen LogP contribution in [0.3, 0.4) is 0 Å². The summed E-state index contributed by atoms with van der Waals surface area (Å²) in [5.74, 6) is -1.68. The average molecular weight is 308 g/mol. The normalized spacial score (nSPS) is 14.3. The van der Waals surface area contributed by atoms with E-state index < -0.39 is 11.9 Å². The number of rotatable bonds is 3. The Hall–Kier alpha value is -2.80. The van der Waals surface area contributed by atoms with Gasteiger partial charge in [-0.1, -0.05) is 19.6 Å². The summed E-state index contributed by atoms with van der Waals surface area (Å²) in [6, 6.07) is 0. The summed E-state index contributed by atoms with van der Waals surface area (Å²) in [4.78, 5) is 42.5. The van der Waals surface area contributed by atoms with Gasteiger partial charge in [0.25, 0.3) is 11.8 Å². The van der Waals surface area contributed by atoms with Gasteiger partial charge in [0.1, 0.15) is 0 Å². The summed E-state index contributed by atoms with van der Waals surface area (Å²) < 4.78 is 3.97. The first-order valence-electron chi connectivity index (χ1n) is 5.85. The van der Waals surface area contributed by atoms with Gasteiger partial charge in [0.2, 0.25) is 0 Å². The molecule has 0 saturated carbocycles. The Balaban J connectivity index is 0. The number of cyclic esters (lactones) is 2. The van der Waals surface area contributed by atoms with Crippen LogP contribution >= 0.6 is 0 Å². The summed E-state index contributed by atoms with van der Waals surface area (Å²) in [5, 5.41) is 0. The molecule has 0 spiro atoms. The monoisotopic (exact) mass is 308 g/mol. The number of ether oxygens (including phenoxy) is 1. The molecule has 0 unspecified atom stereocenters. The zero-order chi connectivity index (χ0) is 16.3. The van der Waals surface area contributed by atoms with Gasteiger partial charge < -0.3 is 10.5 Å². The van der Waals surface area contributed by atoms with E-state index >= 15 is 0 Å². The summed E-state index contributed by atoms with van der Waals surface area (Å²) in [6.07, 6.45) is 7.85. The van der Waals surface area contributed by atoms with E-state index in [2.05, 4.69) is 17.9 Å². The predicted octanol–water partition coefficient (Wildman–Crippen LogP) is 0.491. The minimum Gasteiger partial charge on any atom is -0.387 e. The number of hydrogen-bond acceptors (Lipinski definition) is 6. The second-order valence-corrected chi connectivity index (χ2v) is 3.51. The fourth-order valence-corrected chi connectivity index (χ4v) is 1.04. The lowest BCUT2D eigenvalue weighted by Gasteiger charge is -2.08. The van der Waals surface area contributed by atoms with Crippen LogP contribution in [0.5, 0.6) is 0 Å². The molecule has 0 radical (unpaired) electrons. The van der Waals surface area contributed by atoms with E-state index in [-0.39, 0.29) is 19.2 Å². The van der Waals surface area contributed by atoms with Crippen LogP contribution in [0.1, 0.15) is 7.43 Å². The molecule has 2 heterocycles. The van der Waals surface area contributed by atoms with E-state index in [0.29, 0.717) is 13.1 Å². The Morgan fingerprint density at radius 1 is 0.955 bits per heavy atom. The topological polar surface area (TPSA) is 107 Å². The van der Waals surface area contributed by atoms with Crippen molar-refractivity contribution in [2.75, 3.05) is 13.1 Å². The summed E-state index contributed by atoms with van der Waals surface area (Å²) >= 11 is 0. The first-order valence-corrected chi connectivity index (χ1v) is 5.85. The summed E-state index contributed by atoms with van der Waals surface area (Å²) in [5.41, 5.74) is 4.91. The molecule has 0 atom stereocenters. The van der Waals surface area contributed by atoms with Crippen molar-refractivity contribution in [3.8, 4) is 0 Å². The maximum atomic E-state index is 10.7. The SMILES string of the molecule is C.C=CCN.C=CCN1C(=O)C=CC1=O.O=C1C=CC(=O)O1. The van der Waals surface area contributed by atoms with Crippen molar-refractivity contribution in [2.24, 2.45) is 5.73 Å². The molecule has 0 bridgehead atoms. The Labute approximate surface area is 129 Å². The minimum atomic E-state index is -0.579. The first-order chi connectivity index (χ1) is 9.96. The first kappa shape index (κ1) is 21.5. The van der Waals surface area contributed by atoms with Crippen LogP contribution in [0, 0.1) is 0 Å². The highest BCUT2D eigenvalue weighted by Gasteiger charge is 2.20. The lowest BCUT2D eigenvalue weighted by atomic mass is 10.5. The van der Waals surface area contributed by atoms with Gasteiger partial charge in [0, 0.05) is 37.4 Å². The molecule has 7 heteroatoms. The van der Waals surface area contributed by atoms with Gasteiger partial charge in [-0.3, -0.25) is 14.5 Å². The summed E-state index contributed by atoms with van der Waals surface area (Å²) in [7, 11) is 0. The number of nitrogens with zero attached hydrogens (tertiary/aromatic N) is 1. The molecule has 0 aromatic carbocycles. The molecule has 2 rings (SSSR count). The third-order valence-corrected chi connectivity index (χ3v) is 1.94. The molecular weight excluding hydrogens is 288 g/mol. The fraction of sp³-hybridized carbons (Fsp3) is 0.200. The third kappa shape index (κ3) is 8.39. The number of amides is 2. The Kier molecular flexibility index (Phi) is 11.7. The molecule has 0 saturated heterocycles. The highest BCUT2D eigenvalue weighted by atomic mass is 16.6. The van der Waals surface area contributed by atoms with Crippen LogP contribution < -0.4 is 5.73 Å². The number of nitrogens with two attached hydrogens (primary N) is 1. The van der Waals surface area contributed by atoms with Gasteiger partial charge in [-0.05, 0) is 0 Å². The molecule has 7 nitrogen and oxygen atoms in total. The smallest absolute Gasteiger partial charge is 0.338 e. The lowest BCUT2D eigenvalue weighted by molar-refractivity contribution is -0.150. The number of hydrogen-bond donors (Lipinski definition) is 1. The van der Waals surface area contributed by atoms with Crippen LogP contribution in [0.25, 0.3) is 0 Å². The molecule has 22 heavy (non-hydrogen) atoms. The molecular formula is C15H20N2O5. The van der Waals surface area contributed by atoms with E-state index in [9.17, 15) is 19.2 Å². The number of imide groups is 1. The molecule has 0 aromatic heterocycles. The van der Waals surface area contributed by atoms with Crippen LogP contribution in [0.4, 0.5) is 0 Å². The predicted molar refractivity (Wildman–Crippen MR) is 82.3 cm³/mol. The second kappa shape index (κ2) is 12.0. The van der Waals surface area contributed by atoms with Crippen molar-refractivity contribution in [3.05, 3.63) is 49.6 Å². The second-order valence-electron chi connectivity index (χ2n) is 3.51. The highest BCUT2D eigenvalue weighted by molar-refractivity contribution is 6.12.